The number of rotatable bonds is 3. The van der Waals surface area contributed by atoms with Crippen LogP contribution < -0.4 is 5.32 Å². The molecule has 2 aliphatic heterocycles. The summed E-state index contributed by atoms with van der Waals surface area (Å²) < 4.78 is 1.84. The van der Waals surface area contributed by atoms with Crippen LogP contribution in [0.5, 0.6) is 0 Å². The van der Waals surface area contributed by atoms with Crippen molar-refractivity contribution in [3.05, 3.63) is 48.3 Å². The van der Waals surface area contributed by atoms with Gasteiger partial charge in [0.25, 0.3) is 0 Å². The van der Waals surface area contributed by atoms with Crippen molar-refractivity contribution in [2.45, 2.75) is 31.8 Å². The normalized spacial score (nSPS) is 21.0. The van der Waals surface area contributed by atoms with E-state index in [2.05, 4.69) is 15.3 Å². The van der Waals surface area contributed by atoms with Crippen LogP contribution in [0.2, 0.25) is 0 Å². The molecule has 0 spiro atoms. The molecule has 1 N–H and O–H groups in total. The average Bonchev–Trinajstić information content (AvgIpc) is 3.20. The lowest BCUT2D eigenvalue weighted by Crippen LogP contribution is -2.57. The van der Waals surface area contributed by atoms with Crippen LogP contribution in [-0.2, 0) is 6.54 Å². The van der Waals surface area contributed by atoms with Crippen molar-refractivity contribution in [2.75, 3.05) is 26.2 Å². The van der Waals surface area contributed by atoms with Crippen LogP contribution in [0.15, 0.2) is 42.7 Å². The number of nitrogens with zero attached hydrogens (tertiary/aromatic N) is 4. The minimum Gasteiger partial charge on any atom is -0.334 e. The van der Waals surface area contributed by atoms with E-state index in [1.54, 1.807) is 6.20 Å². The van der Waals surface area contributed by atoms with Crippen molar-refractivity contribution in [1.29, 1.82) is 0 Å². The molecule has 0 bridgehead atoms. The molecule has 6 nitrogen and oxygen atoms in total. The number of fused-ring (bicyclic) bond motifs is 1. The molecule has 6 heteroatoms. The number of carbonyl (C=O) groups is 1. The monoisotopic (exact) mass is 339 g/mol. The molecule has 4 rings (SSSR count). The minimum absolute atomic E-state index is 0.0421. The highest BCUT2D eigenvalue weighted by molar-refractivity contribution is 5.74. The number of nitrogens with one attached hydrogen (secondary N) is 1. The first-order valence-corrected chi connectivity index (χ1v) is 9.16. The molecule has 2 amide bonds. The summed E-state index contributed by atoms with van der Waals surface area (Å²) in [4.78, 5) is 17.1. The molecule has 0 radical (unpaired) electrons. The lowest BCUT2D eigenvalue weighted by molar-refractivity contribution is 0.0643. The summed E-state index contributed by atoms with van der Waals surface area (Å²) in [6.45, 7) is 4.38. The second-order valence-corrected chi connectivity index (χ2v) is 6.87. The van der Waals surface area contributed by atoms with Crippen molar-refractivity contribution < 1.29 is 4.79 Å². The van der Waals surface area contributed by atoms with Gasteiger partial charge >= 0.3 is 6.03 Å². The van der Waals surface area contributed by atoms with Crippen LogP contribution in [0.4, 0.5) is 4.79 Å². The van der Waals surface area contributed by atoms with Crippen molar-refractivity contribution in [3.8, 4) is 5.69 Å². The van der Waals surface area contributed by atoms with Gasteiger partial charge in [0.05, 0.1) is 5.69 Å². The molecule has 0 saturated carbocycles. The van der Waals surface area contributed by atoms with E-state index >= 15 is 0 Å². The number of hydrogen-bond donors (Lipinski definition) is 1. The quantitative estimate of drug-likeness (QED) is 0.933. The second-order valence-electron chi connectivity index (χ2n) is 6.87. The maximum absolute atomic E-state index is 12.6. The molecule has 2 saturated heterocycles. The molecule has 2 fully saturated rings. The number of piperidine rings is 1. The third-order valence-corrected chi connectivity index (χ3v) is 5.30. The van der Waals surface area contributed by atoms with Gasteiger partial charge in [0, 0.05) is 44.6 Å². The van der Waals surface area contributed by atoms with Gasteiger partial charge in [-0.15, -0.1) is 0 Å². The van der Waals surface area contributed by atoms with E-state index in [9.17, 15) is 4.79 Å². The Morgan fingerprint density at radius 2 is 2.08 bits per heavy atom. The fourth-order valence-corrected chi connectivity index (χ4v) is 3.92. The molecule has 0 aliphatic carbocycles. The van der Waals surface area contributed by atoms with Crippen LogP contribution >= 0.6 is 0 Å². The Hall–Kier alpha value is -2.34. The Morgan fingerprint density at radius 1 is 1.16 bits per heavy atom. The molecule has 3 heterocycles. The lowest BCUT2D eigenvalue weighted by Gasteiger charge is -2.43. The van der Waals surface area contributed by atoms with Gasteiger partial charge in [0.1, 0.15) is 0 Å². The Bertz CT molecular complexity index is 714. The van der Waals surface area contributed by atoms with E-state index in [-0.39, 0.29) is 6.03 Å². The Morgan fingerprint density at radius 3 is 2.96 bits per heavy atom. The Kier molecular flexibility index (Phi) is 4.70. The zero-order valence-corrected chi connectivity index (χ0v) is 14.5. The zero-order chi connectivity index (χ0) is 17.1. The predicted octanol–water partition coefficient (Wildman–Crippen LogP) is 2.25. The number of piperazine rings is 1. The molecule has 25 heavy (non-hydrogen) atoms. The zero-order valence-electron chi connectivity index (χ0n) is 14.5. The highest BCUT2D eigenvalue weighted by Gasteiger charge is 2.30. The molecule has 2 aromatic rings. The van der Waals surface area contributed by atoms with E-state index in [1.165, 1.54) is 25.8 Å². The van der Waals surface area contributed by atoms with E-state index in [0.717, 1.165) is 30.9 Å². The first-order chi connectivity index (χ1) is 12.3. The largest absolute Gasteiger partial charge is 0.334 e. The molecule has 1 atom stereocenters. The fraction of sp³-hybridized carbons (Fsp3) is 0.474. The third-order valence-electron chi connectivity index (χ3n) is 5.30. The molecule has 132 valence electrons. The minimum atomic E-state index is 0.0421. The standard InChI is InChI=1S/C19H25N5O/c25-19(23-13-12-22-10-4-3-7-17(22)15-23)20-14-16-6-1-2-8-18(16)24-11-5-9-21-24/h1-2,5-6,8-9,11,17H,3-4,7,10,12-15H2,(H,20,25). The lowest BCUT2D eigenvalue weighted by atomic mass is 10.00. The van der Waals surface area contributed by atoms with Gasteiger partial charge < -0.3 is 10.2 Å². The molecule has 1 unspecified atom stereocenters. The smallest absolute Gasteiger partial charge is 0.317 e. The van der Waals surface area contributed by atoms with Crippen LogP contribution in [0, 0.1) is 0 Å². The molecule has 1 aromatic carbocycles. The summed E-state index contributed by atoms with van der Waals surface area (Å²) in [5.74, 6) is 0. The van der Waals surface area contributed by atoms with Gasteiger partial charge in [-0.3, -0.25) is 4.90 Å². The number of amides is 2. The van der Waals surface area contributed by atoms with Crippen LogP contribution in [0.1, 0.15) is 24.8 Å². The first-order valence-electron chi connectivity index (χ1n) is 9.16. The van der Waals surface area contributed by atoms with E-state index in [0.29, 0.717) is 12.6 Å². The number of carbonyl (C=O) groups excluding carboxylic acids is 1. The van der Waals surface area contributed by atoms with Gasteiger partial charge in [0.2, 0.25) is 0 Å². The summed E-state index contributed by atoms with van der Waals surface area (Å²) >= 11 is 0. The number of urea groups is 1. The van der Waals surface area contributed by atoms with Gasteiger partial charge in [-0.05, 0) is 37.1 Å². The van der Waals surface area contributed by atoms with Crippen molar-refractivity contribution in [3.63, 3.8) is 0 Å². The van der Waals surface area contributed by atoms with Crippen molar-refractivity contribution in [2.24, 2.45) is 0 Å². The van der Waals surface area contributed by atoms with Gasteiger partial charge in [0.15, 0.2) is 0 Å². The number of hydrogen-bond acceptors (Lipinski definition) is 3. The summed E-state index contributed by atoms with van der Waals surface area (Å²) in [5.41, 5.74) is 2.07. The highest BCUT2D eigenvalue weighted by Crippen LogP contribution is 2.21. The summed E-state index contributed by atoms with van der Waals surface area (Å²) in [6, 6.07) is 10.5. The van der Waals surface area contributed by atoms with E-state index < -0.39 is 0 Å². The Balaban J connectivity index is 1.38. The van der Waals surface area contributed by atoms with Crippen molar-refractivity contribution in [1.82, 2.24) is 24.9 Å². The van der Waals surface area contributed by atoms with Crippen LogP contribution in [-0.4, -0.2) is 57.8 Å². The van der Waals surface area contributed by atoms with Crippen LogP contribution in [0.3, 0.4) is 0 Å². The predicted molar refractivity (Wildman–Crippen MR) is 96.6 cm³/mol. The van der Waals surface area contributed by atoms with Crippen LogP contribution in [0.25, 0.3) is 5.69 Å². The maximum Gasteiger partial charge on any atom is 0.317 e. The van der Waals surface area contributed by atoms with Crippen molar-refractivity contribution >= 4 is 6.03 Å². The Labute approximate surface area is 148 Å². The summed E-state index contributed by atoms with van der Waals surface area (Å²) in [7, 11) is 0. The van der Waals surface area contributed by atoms with Gasteiger partial charge in [-0.2, -0.15) is 5.10 Å². The molecular formula is C19H25N5O. The van der Waals surface area contributed by atoms with E-state index in [1.807, 2.05) is 46.1 Å². The maximum atomic E-state index is 12.6. The molecule has 1 aromatic heterocycles. The van der Waals surface area contributed by atoms with Gasteiger partial charge in [-0.1, -0.05) is 24.6 Å². The number of para-hydroxylation sites is 1. The third kappa shape index (κ3) is 3.54. The van der Waals surface area contributed by atoms with E-state index in [4.69, 9.17) is 0 Å². The fourth-order valence-electron chi connectivity index (χ4n) is 3.92. The second kappa shape index (κ2) is 7.27. The molecule has 2 aliphatic rings. The first kappa shape index (κ1) is 16.1. The summed E-state index contributed by atoms with van der Waals surface area (Å²) in [5, 5.41) is 7.39. The van der Waals surface area contributed by atoms with Gasteiger partial charge in [-0.25, -0.2) is 9.48 Å². The SMILES string of the molecule is O=C(NCc1ccccc1-n1cccn1)N1CCN2CCCCC2C1. The summed E-state index contributed by atoms with van der Waals surface area (Å²) in [6.07, 6.45) is 7.48. The number of aromatic nitrogens is 2. The average molecular weight is 339 g/mol. The topological polar surface area (TPSA) is 53.4 Å². The molecular weight excluding hydrogens is 314 g/mol. The highest BCUT2D eigenvalue weighted by atomic mass is 16.2. The number of benzene rings is 1.